The van der Waals surface area contributed by atoms with Crippen molar-refractivity contribution in [1.82, 2.24) is 0 Å². The molecule has 1 atom stereocenters. The Morgan fingerprint density at radius 1 is 1.19 bits per heavy atom. The molecule has 0 saturated carbocycles. The molecule has 1 N–H and O–H groups in total. The van der Waals surface area contributed by atoms with Gasteiger partial charge in [0.1, 0.15) is 5.25 Å². The van der Waals surface area contributed by atoms with Gasteiger partial charge >= 0.3 is 59.1 Å². The van der Waals surface area contributed by atoms with Gasteiger partial charge in [-0.15, -0.1) is 13.2 Å². The Hall–Kier alpha value is 0.590. The van der Waals surface area contributed by atoms with E-state index in [4.69, 9.17) is 4.55 Å². The quantitative estimate of drug-likeness (QED) is 0.304. The van der Waals surface area contributed by atoms with E-state index >= 15 is 0 Å². The van der Waals surface area contributed by atoms with Crippen LogP contribution in [-0.2, 0) is 19.7 Å². The summed E-state index contributed by atoms with van der Waals surface area (Å²) in [5.74, 6) is -4.08. The predicted molar refractivity (Wildman–Crippen MR) is 41.2 cm³/mol. The molecular weight excluding hydrogens is 262 g/mol. The molecule has 0 amide bonds. The van der Waals surface area contributed by atoms with Crippen LogP contribution < -0.4 is 69.3 Å². The van der Waals surface area contributed by atoms with E-state index in [1.54, 1.807) is 0 Å². The van der Waals surface area contributed by atoms with Crippen molar-refractivity contribution in [3.8, 4) is 0 Å². The standard InChI is InChI=1S/C4H6O7S.C2H4.2Na/c5-3(6)1-2(4(7)8)12(9,10)11;1-2;;/h2H,1H2,(H,5,6)(H,7,8)(H,9,10,11);1-2H2;;/q;;2*+1/p-2. The summed E-state index contributed by atoms with van der Waals surface area (Å²) in [4.78, 5) is 19.7. The third kappa shape index (κ3) is 12.7. The van der Waals surface area contributed by atoms with Crippen LogP contribution in [0.25, 0.3) is 0 Å². The maximum Gasteiger partial charge on any atom is 1.00 e. The van der Waals surface area contributed by atoms with Crippen molar-refractivity contribution in [2.75, 3.05) is 0 Å². The molecule has 0 aliphatic rings. The molecule has 10 heteroatoms. The maximum absolute atomic E-state index is 10.2. The second-order valence-corrected chi connectivity index (χ2v) is 3.50. The third-order valence-electron chi connectivity index (χ3n) is 0.975. The minimum atomic E-state index is -4.94. The van der Waals surface area contributed by atoms with E-state index in [2.05, 4.69) is 13.2 Å². The van der Waals surface area contributed by atoms with Crippen molar-refractivity contribution in [2.45, 2.75) is 11.7 Å². The average Bonchev–Trinajstić information content (AvgIpc) is 2.01. The van der Waals surface area contributed by atoms with Crippen molar-refractivity contribution >= 4 is 22.1 Å². The van der Waals surface area contributed by atoms with Crippen LogP contribution in [0, 0.1) is 0 Å². The monoisotopic (exact) mass is 270 g/mol. The predicted octanol–water partition coefficient (Wildman–Crippen LogP) is -9.06. The molecule has 1 unspecified atom stereocenters. The van der Waals surface area contributed by atoms with Gasteiger partial charge < -0.3 is 19.8 Å². The molecule has 0 spiro atoms. The molecule has 16 heavy (non-hydrogen) atoms. The average molecular weight is 270 g/mol. The van der Waals surface area contributed by atoms with Gasteiger partial charge in [-0.1, -0.05) is 0 Å². The Bertz CT molecular complexity index is 313. The summed E-state index contributed by atoms with van der Waals surface area (Å²) in [5, 5.41) is 17.3. The number of carboxylic acids is 2. The van der Waals surface area contributed by atoms with E-state index in [0.29, 0.717) is 0 Å². The van der Waals surface area contributed by atoms with Crippen LogP contribution in [0.1, 0.15) is 6.42 Å². The van der Waals surface area contributed by atoms with Gasteiger partial charge in [-0.25, -0.2) is 0 Å². The Labute approximate surface area is 137 Å². The zero-order valence-electron chi connectivity index (χ0n) is 9.00. The largest absolute Gasteiger partial charge is 1.00 e. The summed E-state index contributed by atoms with van der Waals surface area (Å²) >= 11 is 0. The van der Waals surface area contributed by atoms with E-state index in [1.807, 2.05) is 0 Å². The zero-order chi connectivity index (χ0) is 11.9. The first-order valence-corrected chi connectivity index (χ1v) is 4.62. The molecule has 0 aliphatic carbocycles. The number of rotatable bonds is 4. The molecule has 0 aromatic heterocycles. The number of hydrogen-bond acceptors (Lipinski definition) is 6. The van der Waals surface area contributed by atoms with Crippen LogP contribution in [-0.4, -0.2) is 30.2 Å². The number of carboxylic acid groups (broad SMARTS) is 2. The van der Waals surface area contributed by atoms with Crippen LogP contribution >= 0.6 is 0 Å². The molecule has 0 aromatic carbocycles. The smallest absolute Gasteiger partial charge is 0.550 e. The first-order valence-electron chi connectivity index (χ1n) is 3.12. The van der Waals surface area contributed by atoms with Crippen LogP contribution in [0.3, 0.4) is 0 Å². The molecule has 0 bridgehead atoms. The summed E-state index contributed by atoms with van der Waals surface area (Å²) in [6.07, 6.45) is -1.33. The Morgan fingerprint density at radius 3 is 1.56 bits per heavy atom. The van der Waals surface area contributed by atoms with E-state index < -0.39 is 33.7 Å². The topological polar surface area (TPSA) is 135 Å². The van der Waals surface area contributed by atoms with Crippen LogP contribution in [0.5, 0.6) is 0 Å². The molecule has 0 aliphatic heterocycles. The van der Waals surface area contributed by atoms with Crippen LogP contribution in [0.4, 0.5) is 0 Å². The maximum atomic E-state index is 10.2. The molecule has 7 nitrogen and oxygen atoms in total. The fourth-order valence-electron chi connectivity index (χ4n) is 0.462. The number of carbonyl (C=O) groups excluding carboxylic acids is 2. The summed E-state index contributed by atoms with van der Waals surface area (Å²) in [5.41, 5.74) is 0. The fraction of sp³-hybridized carbons (Fsp3) is 0.333. The second-order valence-electron chi connectivity index (χ2n) is 1.90. The minimum Gasteiger partial charge on any atom is -0.550 e. The van der Waals surface area contributed by atoms with Gasteiger partial charge in [-0.2, -0.15) is 8.42 Å². The van der Waals surface area contributed by atoms with Gasteiger partial charge in [0.25, 0.3) is 10.1 Å². The molecule has 0 rings (SSSR count). The first-order chi connectivity index (χ1) is 6.25. The first kappa shape index (κ1) is 25.4. The van der Waals surface area contributed by atoms with Gasteiger partial charge in [0.15, 0.2) is 0 Å². The third-order valence-corrected chi connectivity index (χ3v) is 2.05. The van der Waals surface area contributed by atoms with E-state index in [-0.39, 0.29) is 59.1 Å². The zero-order valence-corrected chi connectivity index (χ0v) is 13.8. The molecule has 82 valence electrons. The summed E-state index contributed by atoms with van der Waals surface area (Å²) in [6, 6.07) is 0. The van der Waals surface area contributed by atoms with E-state index in [0.717, 1.165) is 0 Å². The number of aliphatic carboxylic acids is 2. The number of hydrogen-bond donors (Lipinski definition) is 1. The summed E-state index contributed by atoms with van der Waals surface area (Å²) in [7, 11) is -4.94. The Kier molecular flexibility index (Phi) is 19.2. The summed E-state index contributed by atoms with van der Waals surface area (Å²) in [6.45, 7) is 6.00. The van der Waals surface area contributed by atoms with Gasteiger partial charge in [-0.3, -0.25) is 4.55 Å². The second kappa shape index (κ2) is 12.1. The molecule has 0 radical (unpaired) electrons. The molecule has 0 saturated heterocycles. The Morgan fingerprint density at radius 2 is 1.50 bits per heavy atom. The van der Waals surface area contributed by atoms with Crippen LogP contribution in [0.2, 0.25) is 0 Å². The van der Waals surface area contributed by atoms with Crippen molar-refractivity contribution < 1.29 is 91.9 Å². The van der Waals surface area contributed by atoms with E-state index in [9.17, 15) is 28.2 Å². The van der Waals surface area contributed by atoms with Crippen molar-refractivity contribution in [1.29, 1.82) is 0 Å². The van der Waals surface area contributed by atoms with Gasteiger partial charge in [-0.05, 0) is 0 Å². The van der Waals surface area contributed by atoms with Crippen molar-refractivity contribution in [3.05, 3.63) is 13.2 Å². The van der Waals surface area contributed by atoms with Gasteiger partial charge in [0.05, 0.1) is 5.97 Å². The molecule has 0 heterocycles. The molecule has 0 aromatic rings. The van der Waals surface area contributed by atoms with Crippen molar-refractivity contribution in [2.24, 2.45) is 0 Å². The minimum absolute atomic E-state index is 0. The molecule has 0 fully saturated rings. The molecular formula is C6H8Na2O7S. The van der Waals surface area contributed by atoms with Gasteiger partial charge in [0.2, 0.25) is 0 Å². The van der Waals surface area contributed by atoms with E-state index in [1.165, 1.54) is 0 Å². The summed E-state index contributed by atoms with van der Waals surface area (Å²) < 4.78 is 28.5. The van der Waals surface area contributed by atoms with Crippen LogP contribution in [0.15, 0.2) is 13.2 Å². The van der Waals surface area contributed by atoms with Crippen molar-refractivity contribution in [3.63, 3.8) is 0 Å². The normalized spacial score (nSPS) is 10.6. The van der Waals surface area contributed by atoms with Gasteiger partial charge in [0, 0.05) is 12.4 Å². The fourth-order valence-corrected chi connectivity index (χ4v) is 1.05. The SMILES string of the molecule is C=C.O=C([O-])CC(C(=O)[O-])S(=O)(=O)O.[Na+].[Na+]. The number of carbonyl (C=O) groups is 2. The Balaban J connectivity index is -0.000000169.